The molecule has 3 aromatic heterocycles. The lowest BCUT2D eigenvalue weighted by Gasteiger charge is -2.22. The number of ether oxygens (including phenoxy) is 1. The van der Waals surface area contributed by atoms with Crippen LogP contribution in [0.25, 0.3) is 111 Å². The first-order valence-electron chi connectivity index (χ1n) is 20.7. The molecule has 13 rings (SSSR count). The molecule has 0 fully saturated rings. The summed E-state index contributed by atoms with van der Waals surface area (Å²) in [7, 11) is 0. The first-order chi connectivity index (χ1) is 30.2. The van der Waals surface area contributed by atoms with Crippen molar-refractivity contribution in [3.8, 4) is 67.9 Å². The highest BCUT2D eigenvalue weighted by Crippen LogP contribution is 2.51. The summed E-state index contributed by atoms with van der Waals surface area (Å²) in [4.78, 5) is 10.6. The number of aromatic nitrogens is 4. The van der Waals surface area contributed by atoms with Gasteiger partial charge in [-0.2, -0.15) is 0 Å². The van der Waals surface area contributed by atoms with Crippen LogP contribution in [0.4, 0.5) is 0 Å². The minimum Gasteiger partial charge on any atom is -0.456 e. The molecule has 5 heteroatoms. The van der Waals surface area contributed by atoms with Gasteiger partial charge in [0.05, 0.1) is 33.5 Å². The lowest BCUT2D eigenvalue weighted by molar-refractivity contribution is 0.487. The SMILES string of the molecule is c1ccc(-c2cc(-c3ccccc3)nc(-n3c4ccccc4c4ccc(-c5ccc6c(c5)c5c7cccc8c7c(cc5n6-c5ccccc5)Oc5ccccc5-8)cc43)n2)cc1. The summed E-state index contributed by atoms with van der Waals surface area (Å²) in [6, 6.07) is 73.0. The zero-order chi connectivity index (χ0) is 40.0. The Hall–Kier alpha value is -8.28. The maximum atomic E-state index is 6.69. The molecule has 0 unspecified atom stereocenters. The van der Waals surface area contributed by atoms with E-state index in [0.29, 0.717) is 5.95 Å². The van der Waals surface area contributed by atoms with E-state index in [1.807, 2.05) is 18.2 Å². The Balaban J connectivity index is 1.06. The van der Waals surface area contributed by atoms with Crippen LogP contribution in [0.2, 0.25) is 0 Å². The van der Waals surface area contributed by atoms with E-state index >= 15 is 0 Å². The summed E-state index contributed by atoms with van der Waals surface area (Å²) in [5.74, 6) is 2.39. The van der Waals surface area contributed by atoms with Crippen molar-refractivity contribution in [2.24, 2.45) is 0 Å². The van der Waals surface area contributed by atoms with Gasteiger partial charge in [-0.15, -0.1) is 0 Å². The van der Waals surface area contributed by atoms with E-state index in [9.17, 15) is 0 Å². The zero-order valence-corrected chi connectivity index (χ0v) is 32.8. The Labute approximate surface area is 351 Å². The molecule has 9 aromatic carbocycles. The van der Waals surface area contributed by atoms with Crippen LogP contribution in [0.15, 0.2) is 206 Å². The number of hydrogen-bond donors (Lipinski definition) is 0. The average molecular weight is 779 g/mol. The van der Waals surface area contributed by atoms with Gasteiger partial charge >= 0.3 is 0 Å². The second kappa shape index (κ2) is 13.1. The van der Waals surface area contributed by atoms with Gasteiger partial charge in [0.25, 0.3) is 0 Å². The molecule has 61 heavy (non-hydrogen) atoms. The fraction of sp³-hybridized carbons (Fsp3) is 0. The van der Waals surface area contributed by atoms with Gasteiger partial charge in [-0.3, -0.25) is 4.57 Å². The third-order valence-corrected chi connectivity index (χ3v) is 12.3. The van der Waals surface area contributed by atoms with Crippen molar-refractivity contribution in [3.05, 3.63) is 206 Å². The van der Waals surface area contributed by atoms with Crippen LogP contribution in [0.1, 0.15) is 0 Å². The van der Waals surface area contributed by atoms with Gasteiger partial charge in [0.2, 0.25) is 5.95 Å². The molecule has 4 heterocycles. The Morgan fingerprint density at radius 3 is 1.72 bits per heavy atom. The van der Waals surface area contributed by atoms with Crippen molar-refractivity contribution in [2.75, 3.05) is 0 Å². The maximum absolute atomic E-state index is 6.69. The molecule has 0 saturated heterocycles. The molecular formula is C56H34N4O. The first-order valence-corrected chi connectivity index (χ1v) is 20.7. The van der Waals surface area contributed by atoms with Crippen molar-refractivity contribution < 1.29 is 4.74 Å². The van der Waals surface area contributed by atoms with Crippen molar-refractivity contribution in [2.45, 2.75) is 0 Å². The number of rotatable bonds is 5. The molecule has 284 valence electrons. The highest BCUT2D eigenvalue weighted by molar-refractivity contribution is 6.26. The number of hydrogen-bond acceptors (Lipinski definition) is 3. The Bertz CT molecular complexity index is 3660. The van der Waals surface area contributed by atoms with Crippen molar-refractivity contribution in [1.82, 2.24) is 19.1 Å². The minimum atomic E-state index is 0.633. The van der Waals surface area contributed by atoms with E-state index in [0.717, 1.165) is 94.6 Å². The fourth-order valence-electron chi connectivity index (χ4n) is 9.60. The average Bonchev–Trinajstić information content (AvgIpc) is 3.84. The van der Waals surface area contributed by atoms with Gasteiger partial charge in [-0.25, -0.2) is 9.97 Å². The van der Waals surface area contributed by atoms with Gasteiger partial charge in [-0.1, -0.05) is 152 Å². The quantitative estimate of drug-likeness (QED) is 0.175. The largest absolute Gasteiger partial charge is 0.456 e. The number of fused-ring (bicyclic) bond motifs is 9. The van der Waals surface area contributed by atoms with E-state index in [1.54, 1.807) is 0 Å². The number of para-hydroxylation sites is 3. The van der Waals surface area contributed by atoms with E-state index < -0.39 is 0 Å². The third kappa shape index (κ3) is 5.14. The zero-order valence-electron chi connectivity index (χ0n) is 32.8. The van der Waals surface area contributed by atoms with Gasteiger partial charge in [-0.05, 0) is 70.6 Å². The van der Waals surface area contributed by atoms with Gasteiger partial charge in [0, 0.05) is 55.4 Å². The number of benzene rings is 9. The van der Waals surface area contributed by atoms with E-state index in [1.165, 1.54) is 21.7 Å². The van der Waals surface area contributed by atoms with Crippen LogP contribution >= 0.6 is 0 Å². The lowest BCUT2D eigenvalue weighted by atomic mass is 9.92. The lowest BCUT2D eigenvalue weighted by Crippen LogP contribution is -2.04. The van der Waals surface area contributed by atoms with Gasteiger partial charge < -0.3 is 9.30 Å². The van der Waals surface area contributed by atoms with E-state index in [2.05, 4.69) is 197 Å². The van der Waals surface area contributed by atoms with Crippen molar-refractivity contribution in [1.29, 1.82) is 0 Å². The fourth-order valence-corrected chi connectivity index (χ4v) is 9.60. The summed E-state index contributed by atoms with van der Waals surface area (Å²) in [5, 5.41) is 7.02. The molecular weight excluding hydrogens is 745 g/mol. The Morgan fingerprint density at radius 1 is 0.328 bits per heavy atom. The molecule has 0 atom stereocenters. The van der Waals surface area contributed by atoms with E-state index in [4.69, 9.17) is 14.7 Å². The summed E-state index contributed by atoms with van der Waals surface area (Å²) < 4.78 is 11.3. The minimum absolute atomic E-state index is 0.633. The molecule has 1 aliphatic heterocycles. The molecule has 0 aliphatic carbocycles. The number of nitrogens with zero attached hydrogens (tertiary/aromatic N) is 4. The molecule has 0 spiro atoms. The highest BCUT2D eigenvalue weighted by Gasteiger charge is 2.25. The Morgan fingerprint density at radius 2 is 0.934 bits per heavy atom. The van der Waals surface area contributed by atoms with Gasteiger partial charge in [0.1, 0.15) is 11.5 Å². The maximum Gasteiger partial charge on any atom is 0.235 e. The molecule has 0 amide bonds. The second-order valence-electron chi connectivity index (χ2n) is 15.8. The van der Waals surface area contributed by atoms with Crippen LogP contribution in [0, 0.1) is 0 Å². The predicted octanol–water partition coefficient (Wildman–Crippen LogP) is 14.6. The highest BCUT2D eigenvalue weighted by atomic mass is 16.5. The van der Waals surface area contributed by atoms with Crippen LogP contribution in [-0.4, -0.2) is 19.1 Å². The van der Waals surface area contributed by atoms with Crippen molar-refractivity contribution in [3.63, 3.8) is 0 Å². The monoisotopic (exact) mass is 778 g/mol. The normalized spacial score (nSPS) is 12.1. The molecule has 0 radical (unpaired) electrons. The predicted molar refractivity (Wildman–Crippen MR) is 250 cm³/mol. The van der Waals surface area contributed by atoms with Crippen LogP contribution in [0.5, 0.6) is 11.5 Å². The second-order valence-corrected chi connectivity index (χ2v) is 15.8. The topological polar surface area (TPSA) is 44.9 Å². The van der Waals surface area contributed by atoms with Crippen LogP contribution < -0.4 is 4.74 Å². The standard InChI is InChI=1S/C56H34N4O/c1-4-15-35(16-5-1)46-33-47(36-17-6-2-7-18-36)58-56(57-46)60-48-25-12-10-21-40(48)41-29-27-38(32-50(41)60)37-28-30-49-45(31-37)54-44-24-14-23-43-42-22-11-13-26-52(42)61-53(55(43)44)34-51(54)59(49)39-19-8-3-9-20-39/h1-34H. The summed E-state index contributed by atoms with van der Waals surface area (Å²) in [6.07, 6.45) is 0. The molecule has 12 aromatic rings. The van der Waals surface area contributed by atoms with Crippen molar-refractivity contribution >= 4 is 54.4 Å². The summed E-state index contributed by atoms with van der Waals surface area (Å²) in [5.41, 5.74) is 13.8. The Kier molecular flexibility index (Phi) is 7.24. The summed E-state index contributed by atoms with van der Waals surface area (Å²) in [6.45, 7) is 0. The molecule has 0 bridgehead atoms. The molecule has 5 nitrogen and oxygen atoms in total. The van der Waals surface area contributed by atoms with Crippen LogP contribution in [0.3, 0.4) is 0 Å². The molecule has 1 aliphatic rings. The summed E-state index contributed by atoms with van der Waals surface area (Å²) >= 11 is 0. The van der Waals surface area contributed by atoms with Gasteiger partial charge in [0.15, 0.2) is 0 Å². The van der Waals surface area contributed by atoms with Crippen LogP contribution in [-0.2, 0) is 0 Å². The third-order valence-electron chi connectivity index (χ3n) is 12.3. The smallest absolute Gasteiger partial charge is 0.235 e. The molecule has 0 saturated carbocycles. The first kappa shape index (κ1) is 33.7. The molecule has 0 N–H and O–H groups in total. The van der Waals surface area contributed by atoms with E-state index in [-0.39, 0.29) is 0 Å².